The van der Waals surface area contributed by atoms with Crippen LogP contribution in [0.3, 0.4) is 0 Å². The summed E-state index contributed by atoms with van der Waals surface area (Å²) in [7, 11) is 0. The van der Waals surface area contributed by atoms with Crippen LogP contribution in [0.1, 0.15) is 0 Å². The zero-order chi connectivity index (χ0) is 25.5. The van der Waals surface area contributed by atoms with E-state index in [1.807, 2.05) is 11.3 Å². The van der Waals surface area contributed by atoms with E-state index in [0.717, 1.165) is 0 Å². The molecule has 0 bridgehead atoms. The van der Waals surface area contributed by atoms with Crippen LogP contribution in [-0.4, -0.2) is 0 Å². The minimum absolute atomic E-state index is 1.26. The van der Waals surface area contributed by atoms with Gasteiger partial charge in [0.1, 0.15) is 0 Å². The number of thiophene rings is 1. The highest BCUT2D eigenvalue weighted by Gasteiger charge is 2.16. The van der Waals surface area contributed by atoms with Crippen molar-refractivity contribution in [3.05, 3.63) is 133 Å². The van der Waals surface area contributed by atoms with Crippen LogP contribution >= 0.6 is 11.3 Å². The van der Waals surface area contributed by atoms with E-state index >= 15 is 0 Å². The third kappa shape index (κ3) is 2.94. The van der Waals surface area contributed by atoms with Crippen molar-refractivity contribution in [3.8, 4) is 11.1 Å². The molecule has 0 N–H and O–H groups in total. The van der Waals surface area contributed by atoms with Crippen molar-refractivity contribution in [3.63, 3.8) is 0 Å². The summed E-state index contributed by atoms with van der Waals surface area (Å²) in [5.41, 5.74) is 2.53. The fourth-order valence-corrected chi connectivity index (χ4v) is 7.85. The van der Waals surface area contributed by atoms with Gasteiger partial charge in [-0.3, -0.25) is 0 Å². The van der Waals surface area contributed by atoms with Gasteiger partial charge in [-0.05, 0) is 83.2 Å². The SMILES string of the molecule is c1ccc2c(c1)sc1cc(-c3ccc4c(c3)c3ccccc3c3c5ccccc5c5ccccc5c43)ccc12. The molecule has 180 valence electrons. The molecule has 9 aromatic rings. The zero-order valence-corrected chi connectivity index (χ0v) is 21.9. The van der Waals surface area contributed by atoms with Gasteiger partial charge in [-0.15, -0.1) is 11.3 Å². The zero-order valence-electron chi connectivity index (χ0n) is 21.1. The molecule has 0 aliphatic rings. The molecule has 8 aromatic carbocycles. The predicted octanol–water partition coefficient (Wildman–Crippen LogP) is 11.5. The van der Waals surface area contributed by atoms with E-state index in [1.165, 1.54) is 85.2 Å². The summed E-state index contributed by atoms with van der Waals surface area (Å²) in [6.07, 6.45) is 0. The number of hydrogen-bond acceptors (Lipinski definition) is 1. The van der Waals surface area contributed by atoms with Crippen molar-refractivity contribution in [1.29, 1.82) is 0 Å². The van der Waals surface area contributed by atoms with Crippen molar-refractivity contribution in [2.75, 3.05) is 0 Å². The molecule has 0 saturated carbocycles. The highest BCUT2D eigenvalue weighted by molar-refractivity contribution is 7.25. The third-order valence-corrected chi connectivity index (χ3v) is 9.55. The minimum Gasteiger partial charge on any atom is -0.135 e. The first-order valence-corrected chi connectivity index (χ1v) is 14.3. The van der Waals surface area contributed by atoms with Crippen LogP contribution in [0.15, 0.2) is 133 Å². The highest BCUT2D eigenvalue weighted by Crippen LogP contribution is 2.45. The molecule has 0 amide bonds. The molecule has 0 fully saturated rings. The lowest BCUT2D eigenvalue weighted by atomic mass is 9.86. The van der Waals surface area contributed by atoms with Crippen LogP contribution in [0.2, 0.25) is 0 Å². The van der Waals surface area contributed by atoms with Crippen molar-refractivity contribution < 1.29 is 0 Å². The van der Waals surface area contributed by atoms with Gasteiger partial charge in [-0.25, -0.2) is 0 Å². The number of hydrogen-bond donors (Lipinski definition) is 0. The Kier molecular flexibility index (Phi) is 4.30. The number of rotatable bonds is 1. The van der Waals surface area contributed by atoms with Gasteiger partial charge < -0.3 is 0 Å². The Morgan fingerprint density at radius 1 is 0.282 bits per heavy atom. The lowest BCUT2D eigenvalue weighted by Gasteiger charge is -2.17. The molecular formula is C38H22S. The smallest absolute Gasteiger partial charge is 0.0361 e. The summed E-state index contributed by atoms with van der Waals surface area (Å²) in [4.78, 5) is 0. The van der Waals surface area contributed by atoms with E-state index in [-0.39, 0.29) is 0 Å². The Labute approximate surface area is 229 Å². The first-order valence-electron chi connectivity index (χ1n) is 13.4. The monoisotopic (exact) mass is 510 g/mol. The van der Waals surface area contributed by atoms with Crippen LogP contribution in [0.4, 0.5) is 0 Å². The molecule has 1 heteroatoms. The van der Waals surface area contributed by atoms with Crippen LogP contribution in [-0.2, 0) is 0 Å². The molecule has 1 aromatic heterocycles. The van der Waals surface area contributed by atoms with Gasteiger partial charge in [0.2, 0.25) is 0 Å². The van der Waals surface area contributed by atoms with Crippen molar-refractivity contribution >= 4 is 85.4 Å². The predicted molar refractivity (Wildman–Crippen MR) is 172 cm³/mol. The molecule has 0 aliphatic heterocycles. The lowest BCUT2D eigenvalue weighted by molar-refractivity contribution is 1.71. The number of fused-ring (bicyclic) bond motifs is 14. The van der Waals surface area contributed by atoms with Gasteiger partial charge in [-0.1, -0.05) is 115 Å². The minimum atomic E-state index is 1.26. The van der Waals surface area contributed by atoms with Crippen molar-refractivity contribution in [2.45, 2.75) is 0 Å². The summed E-state index contributed by atoms with van der Waals surface area (Å²) < 4.78 is 2.69. The van der Waals surface area contributed by atoms with Crippen LogP contribution in [0.5, 0.6) is 0 Å². The normalized spacial score (nSPS) is 12.1. The van der Waals surface area contributed by atoms with E-state index in [1.54, 1.807) is 0 Å². The second-order valence-corrected chi connectivity index (χ2v) is 11.5. The van der Waals surface area contributed by atoms with Crippen molar-refractivity contribution in [2.24, 2.45) is 0 Å². The van der Waals surface area contributed by atoms with Gasteiger partial charge in [0.15, 0.2) is 0 Å². The van der Waals surface area contributed by atoms with E-state index in [4.69, 9.17) is 0 Å². The average molecular weight is 511 g/mol. The molecule has 0 saturated heterocycles. The maximum absolute atomic E-state index is 2.41. The topological polar surface area (TPSA) is 0 Å². The Morgan fingerprint density at radius 2 is 0.692 bits per heavy atom. The largest absolute Gasteiger partial charge is 0.135 e. The molecule has 0 nitrogen and oxygen atoms in total. The van der Waals surface area contributed by atoms with Crippen molar-refractivity contribution in [1.82, 2.24) is 0 Å². The second-order valence-electron chi connectivity index (χ2n) is 10.5. The Morgan fingerprint density at radius 3 is 1.31 bits per heavy atom. The quantitative estimate of drug-likeness (QED) is 0.193. The first-order chi connectivity index (χ1) is 19.3. The molecule has 1 heterocycles. The molecule has 0 unspecified atom stereocenters. The molecule has 9 rings (SSSR count). The maximum Gasteiger partial charge on any atom is 0.0361 e. The van der Waals surface area contributed by atoms with Gasteiger partial charge in [0.05, 0.1) is 0 Å². The standard InChI is InChI=1S/C38H22S/c1-4-13-30-25(9-1)26-10-2-5-14-31(26)38-33-20-18-23(21-34(33)27-11-3-6-15-32(27)37(30)38)24-17-19-29-28-12-7-8-16-35(28)39-36(29)22-24/h1-22H. The van der Waals surface area contributed by atoms with Gasteiger partial charge in [-0.2, -0.15) is 0 Å². The Balaban J connectivity index is 1.42. The summed E-state index contributed by atoms with van der Waals surface area (Å²) in [6.45, 7) is 0. The van der Waals surface area contributed by atoms with Crippen LogP contribution in [0.25, 0.3) is 85.2 Å². The van der Waals surface area contributed by atoms with E-state index in [2.05, 4.69) is 133 Å². The second kappa shape index (κ2) is 7.89. The average Bonchev–Trinajstić information content (AvgIpc) is 3.38. The van der Waals surface area contributed by atoms with Gasteiger partial charge in [0.25, 0.3) is 0 Å². The first kappa shape index (κ1) is 21.2. The fourth-order valence-electron chi connectivity index (χ4n) is 6.71. The lowest BCUT2D eigenvalue weighted by Crippen LogP contribution is -1.89. The molecule has 0 radical (unpaired) electrons. The molecule has 0 atom stereocenters. The van der Waals surface area contributed by atoms with E-state index in [0.29, 0.717) is 0 Å². The molecule has 0 spiro atoms. The Hall–Kier alpha value is -4.72. The number of benzene rings is 8. The van der Waals surface area contributed by atoms with Gasteiger partial charge in [0, 0.05) is 20.2 Å². The van der Waals surface area contributed by atoms with Gasteiger partial charge >= 0.3 is 0 Å². The maximum atomic E-state index is 2.41. The van der Waals surface area contributed by atoms with Crippen LogP contribution < -0.4 is 0 Å². The molecular weight excluding hydrogens is 488 g/mol. The molecule has 39 heavy (non-hydrogen) atoms. The fraction of sp³-hybridized carbons (Fsp3) is 0. The molecule has 0 aliphatic carbocycles. The van der Waals surface area contributed by atoms with E-state index < -0.39 is 0 Å². The highest BCUT2D eigenvalue weighted by atomic mass is 32.1. The summed E-state index contributed by atoms with van der Waals surface area (Å²) in [6, 6.07) is 49.5. The Bertz CT molecular complexity index is 2440. The summed E-state index contributed by atoms with van der Waals surface area (Å²) in [5, 5.41) is 15.9. The summed E-state index contributed by atoms with van der Waals surface area (Å²) >= 11 is 1.88. The van der Waals surface area contributed by atoms with Crippen LogP contribution in [0, 0.1) is 0 Å². The van der Waals surface area contributed by atoms with E-state index in [9.17, 15) is 0 Å². The summed E-state index contributed by atoms with van der Waals surface area (Å²) in [5.74, 6) is 0. The third-order valence-electron chi connectivity index (χ3n) is 8.42.